The third-order valence-electron chi connectivity index (χ3n) is 10.3. The zero-order valence-corrected chi connectivity index (χ0v) is 31.2. The molecule has 16 heteroatoms. The number of anilines is 1. The van der Waals surface area contributed by atoms with Gasteiger partial charge in [0.2, 0.25) is 5.91 Å². The summed E-state index contributed by atoms with van der Waals surface area (Å²) >= 11 is 6.53. The maximum absolute atomic E-state index is 15.5. The number of imidazole rings is 1. The number of aromatic nitrogens is 4. The van der Waals surface area contributed by atoms with E-state index >= 15 is 8.78 Å². The van der Waals surface area contributed by atoms with Crippen LogP contribution in [0.1, 0.15) is 33.1 Å². The van der Waals surface area contributed by atoms with Crippen LogP contribution in [0.5, 0.6) is 0 Å². The maximum atomic E-state index is 15.5. The van der Waals surface area contributed by atoms with Gasteiger partial charge in [0.15, 0.2) is 17.5 Å². The van der Waals surface area contributed by atoms with Crippen LogP contribution < -0.4 is 5.32 Å². The number of aliphatic hydroxyl groups is 1. The Morgan fingerprint density at radius 3 is 2.38 bits per heavy atom. The monoisotopic (exact) mass is 753 g/mol. The predicted octanol–water partition coefficient (Wildman–Crippen LogP) is 3.83. The van der Waals surface area contributed by atoms with Gasteiger partial charge in [0.1, 0.15) is 12.6 Å². The largest absolute Gasteiger partial charge is 0.386 e. The Hall–Kier alpha value is -4.70. The van der Waals surface area contributed by atoms with E-state index in [9.17, 15) is 19.5 Å². The van der Waals surface area contributed by atoms with Gasteiger partial charge in [-0.1, -0.05) is 17.7 Å². The third kappa shape index (κ3) is 7.70. The minimum Gasteiger partial charge on any atom is -0.386 e. The number of likely N-dealkylation sites (tertiary alicyclic amines) is 1. The quantitative estimate of drug-likeness (QED) is 0.248. The number of carbonyl (C=O) groups excluding carboxylic acids is 3. The summed E-state index contributed by atoms with van der Waals surface area (Å²) in [6, 6.07) is 7.42. The average molecular weight is 754 g/mol. The second-order valence-corrected chi connectivity index (χ2v) is 14.7. The van der Waals surface area contributed by atoms with Gasteiger partial charge in [-0.05, 0) is 31.2 Å². The van der Waals surface area contributed by atoms with E-state index in [1.54, 1.807) is 28.5 Å². The Kier molecular flexibility index (Phi) is 11.0. The number of likely N-dealkylation sites (N-methyl/N-ethyl adjacent to an activating group) is 1. The van der Waals surface area contributed by atoms with Crippen molar-refractivity contribution < 1.29 is 37.5 Å². The Bertz CT molecular complexity index is 2040. The van der Waals surface area contributed by atoms with E-state index in [2.05, 4.69) is 15.4 Å². The van der Waals surface area contributed by atoms with Gasteiger partial charge in [-0.25, -0.2) is 13.8 Å². The minimum atomic E-state index is -1.09. The molecular formula is C37H44ClF2N8O5+. The van der Waals surface area contributed by atoms with Gasteiger partial charge in [-0.2, -0.15) is 5.10 Å². The summed E-state index contributed by atoms with van der Waals surface area (Å²) in [5, 5.41) is 17.7. The Morgan fingerprint density at radius 2 is 1.70 bits per heavy atom. The van der Waals surface area contributed by atoms with Crippen LogP contribution in [0.3, 0.4) is 0 Å². The molecule has 4 heterocycles. The molecule has 2 unspecified atom stereocenters. The molecule has 282 valence electrons. The van der Waals surface area contributed by atoms with Gasteiger partial charge >= 0.3 is 0 Å². The van der Waals surface area contributed by atoms with Gasteiger partial charge in [-0.15, -0.1) is 0 Å². The lowest BCUT2D eigenvalue weighted by Crippen LogP contribution is -2.58. The number of aliphatic hydroxyl groups excluding tert-OH is 1. The van der Waals surface area contributed by atoms with E-state index in [0.717, 1.165) is 6.54 Å². The molecular weight excluding hydrogens is 710 g/mol. The highest BCUT2D eigenvalue weighted by molar-refractivity contribution is 6.34. The number of nitrogens with zero attached hydrogens (tertiary/aromatic N) is 7. The number of halogens is 3. The molecule has 0 bridgehead atoms. The number of quaternary nitrogens is 1. The van der Waals surface area contributed by atoms with Gasteiger partial charge in [0, 0.05) is 74.8 Å². The predicted molar refractivity (Wildman–Crippen MR) is 194 cm³/mol. The minimum absolute atomic E-state index is 0.0582. The van der Waals surface area contributed by atoms with Gasteiger partial charge in [0.25, 0.3) is 11.8 Å². The molecule has 0 saturated carbocycles. The summed E-state index contributed by atoms with van der Waals surface area (Å²) in [7, 11) is 7.16. The van der Waals surface area contributed by atoms with Crippen molar-refractivity contribution in [2.45, 2.75) is 26.0 Å². The molecule has 0 radical (unpaired) electrons. The zero-order valence-electron chi connectivity index (χ0n) is 30.4. The highest BCUT2D eigenvalue weighted by atomic mass is 35.5. The van der Waals surface area contributed by atoms with E-state index in [0.29, 0.717) is 73.7 Å². The van der Waals surface area contributed by atoms with E-state index in [1.807, 2.05) is 14.1 Å². The number of benzene rings is 2. The average Bonchev–Trinajstić information content (AvgIpc) is 3.69. The Labute approximate surface area is 311 Å². The molecule has 2 N–H and O–H groups in total. The molecule has 0 spiro atoms. The lowest BCUT2D eigenvalue weighted by atomic mass is 9.91. The lowest BCUT2D eigenvalue weighted by Gasteiger charge is -2.42. The van der Waals surface area contributed by atoms with Crippen LogP contribution in [0.15, 0.2) is 42.7 Å². The van der Waals surface area contributed by atoms with Gasteiger partial charge < -0.3 is 34.0 Å². The first kappa shape index (κ1) is 38.0. The number of hydrogen-bond donors (Lipinski definition) is 2. The van der Waals surface area contributed by atoms with Crippen LogP contribution in [0.2, 0.25) is 5.02 Å². The number of amides is 3. The standard InChI is InChI=1S/C37H43ClF2N8O5/c1-22-28(19-42-47(22)15-17-53-5)24-8-9-26(33(40)32(24)39)30-20-41-34(44(30)2)35(50)43-23-6-7-25(29(38)18-23)36(51)45-11-13-46(14-12-45)37(52)27-10-16-48(3,4)21-31(27)49/h6-9,18-20,27,31,49H,10-17,21H2,1-5H3/p+1. The van der Waals surface area contributed by atoms with Crippen LogP contribution >= 0.6 is 11.6 Å². The van der Waals surface area contributed by atoms with Crippen LogP contribution in [-0.4, -0.2) is 130 Å². The van der Waals surface area contributed by atoms with Crippen molar-refractivity contribution in [3.8, 4) is 22.4 Å². The first-order valence-electron chi connectivity index (χ1n) is 17.4. The van der Waals surface area contributed by atoms with Gasteiger partial charge in [-0.3, -0.25) is 19.1 Å². The molecule has 53 heavy (non-hydrogen) atoms. The first-order valence-corrected chi connectivity index (χ1v) is 17.8. The molecule has 0 aliphatic carbocycles. The molecule has 2 saturated heterocycles. The molecule has 2 aliphatic heterocycles. The molecule has 3 amide bonds. The molecule has 2 aromatic heterocycles. The van der Waals surface area contributed by atoms with Crippen molar-refractivity contribution in [2.24, 2.45) is 13.0 Å². The molecule has 2 aromatic carbocycles. The second-order valence-electron chi connectivity index (χ2n) is 14.2. The van der Waals surface area contributed by atoms with Crippen molar-refractivity contribution in [3.05, 3.63) is 76.5 Å². The Morgan fingerprint density at radius 1 is 1.02 bits per heavy atom. The summed E-state index contributed by atoms with van der Waals surface area (Å²) in [4.78, 5) is 47.4. The Balaban J connectivity index is 1.09. The molecule has 2 atom stereocenters. The lowest BCUT2D eigenvalue weighted by molar-refractivity contribution is -0.899. The molecule has 6 rings (SSSR count). The van der Waals surface area contributed by atoms with Crippen LogP contribution in [0.25, 0.3) is 22.4 Å². The molecule has 4 aromatic rings. The fourth-order valence-corrected chi connectivity index (χ4v) is 7.38. The number of methoxy groups -OCH3 is 1. The second kappa shape index (κ2) is 15.3. The van der Waals surface area contributed by atoms with E-state index in [1.165, 1.54) is 54.3 Å². The summed E-state index contributed by atoms with van der Waals surface area (Å²) in [5.74, 6) is -3.65. The molecule has 13 nitrogen and oxygen atoms in total. The fraction of sp³-hybridized carbons (Fsp3) is 0.432. The van der Waals surface area contributed by atoms with Crippen molar-refractivity contribution >= 4 is 35.0 Å². The van der Waals surface area contributed by atoms with E-state index < -0.39 is 29.6 Å². The van der Waals surface area contributed by atoms with Crippen molar-refractivity contribution in [1.29, 1.82) is 0 Å². The summed E-state index contributed by atoms with van der Waals surface area (Å²) in [6.07, 6.45) is 2.69. The van der Waals surface area contributed by atoms with E-state index in [-0.39, 0.29) is 45.0 Å². The van der Waals surface area contributed by atoms with Crippen LogP contribution in [0.4, 0.5) is 14.5 Å². The normalized spacial score (nSPS) is 18.7. The maximum Gasteiger partial charge on any atom is 0.291 e. The first-order chi connectivity index (χ1) is 25.2. The van der Waals surface area contributed by atoms with E-state index in [4.69, 9.17) is 16.3 Å². The van der Waals surface area contributed by atoms with Crippen molar-refractivity contribution in [3.63, 3.8) is 0 Å². The number of ether oxygens (including phenoxy) is 1. The number of nitrogens with one attached hydrogen (secondary N) is 1. The smallest absolute Gasteiger partial charge is 0.291 e. The van der Waals surface area contributed by atoms with Crippen molar-refractivity contribution in [1.82, 2.24) is 29.1 Å². The van der Waals surface area contributed by atoms with Crippen molar-refractivity contribution in [2.75, 3.05) is 72.4 Å². The fourth-order valence-electron chi connectivity index (χ4n) is 7.12. The number of carbonyl (C=O) groups is 3. The molecule has 2 fully saturated rings. The number of rotatable bonds is 9. The summed E-state index contributed by atoms with van der Waals surface area (Å²) in [6.45, 7) is 5.32. The topological polar surface area (TPSA) is 135 Å². The summed E-state index contributed by atoms with van der Waals surface area (Å²) in [5.41, 5.74) is 1.83. The number of piperidine rings is 1. The van der Waals surface area contributed by atoms with Crippen LogP contribution in [-0.2, 0) is 23.1 Å². The van der Waals surface area contributed by atoms with Crippen LogP contribution in [0, 0.1) is 24.5 Å². The summed E-state index contributed by atoms with van der Waals surface area (Å²) < 4.78 is 39.8. The number of hydrogen-bond acceptors (Lipinski definition) is 7. The zero-order chi connectivity index (χ0) is 38.2. The van der Waals surface area contributed by atoms with Gasteiger partial charge in [0.05, 0.1) is 68.4 Å². The third-order valence-corrected chi connectivity index (χ3v) is 10.6. The highest BCUT2D eigenvalue weighted by Gasteiger charge is 2.40. The molecule has 2 aliphatic rings. The highest BCUT2D eigenvalue weighted by Crippen LogP contribution is 2.33. The SMILES string of the molecule is COCCn1ncc(-c2ccc(-c3cnc(C(=O)Nc4ccc(C(=O)N5CCN(C(=O)C6CC[N+](C)(C)CC6O)CC5)c(Cl)c4)n3C)c(F)c2F)c1C. The number of piperazine rings is 1.